The Bertz CT molecular complexity index is 679. The van der Waals surface area contributed by atoms with E-state index < -0.39 is 60.2 Å². The van der Waals surface area contributed by atoms with E-state index in [1.807, 2.05) is 12.5 Å². The number of amides is 3. The summed E-state index contributed by atoms with van der Waals surface area (Å²) in [7, 11) is 0. The Morgan fingerprint density at radius 1 is 0.758 bits per heavy atom. The van der Waals surface area contributed by atoms with Crippen molar-refractivity contribution in [1.29, 1.82) is 0 Å². The van der Waals surface area contributed by atoms with E-state index in [1.165, 1.54) is 23.5 Å². The third-order valence-electron chi connectivity index (χ3n) is 4.77. The SMILES string of the molecule is CSCCC(NC(=O)C(CCSC)NC(=O)C(N)C(C)C)C(=O)NC(CCC(=O)O)C(=O)O. The lowest BCUT2D eigenvalue weighted by Crippen LogP contribution is -2.57. The minimum absolute atomic E-state index is 0.131. The van der Waals surface area contributed by atoms with Gasteiger partial charge in [-0.2, -0.15) is 23.5 Å². The molecule has 0 aromatic rings. The number of carboxylic acid groups (broad SMARTS) is 2. The third kappa shape index (κ3) is 12.7. The summed E-state index contributed by atoms with van der Waals surface area (Å²) < 4.78 is 0. The second-order valence-corrected chi connectivity index (χ2v) is 9.76. The zero-order chi connectivity index (χ0) is 25.6. The zero-order valence-corrected chi connectivity index (χ0v) is 21.1. The second-order valence-electron chi connectivity index (χ2n) is 7.79. The smallest absolute Gasteiger partial charge is 0.326 e. The van der Waals surface area contributed by atoms with Crippen LogP contribution >= 0.6 is 23.5 Å². The van der Waals surface area contributed by atoms with Crippen LogP contribution in [0.4, 0.5) is 0 Å². The van der Waals surface area contributed by atoms with Crippen LogP contribution in [-0.4, -0.2) is 88.1 Å². The van der Waals surface area contributed by atoms with Crippen LogP contribution in [-0.2, 0) is 24.0 Å². The fourth-order valence-corrected chi connectivity index (χ4v) is 3.59. The topological polar surface area (TPSA) is 188 Å². The molecule has 0 aliphatic carbocycles. The molecule has 0 rings (SSSR count). The zero-order valence-electron chi connectivity index (χ0n) is 19.5. The number of nitrogens with two attached hydrogens (primary N) is 1. The highest BCUT2D eigenvalue weighted by Crippen LogP contribution is 2.08. The first-order chi connectivity index (χ1) is 15.4. The summed E-state index contributed by atoms with van der Waals surface area (Å²) in [5.74, 6) is -3.39. The van der Waals surface area contributed by atoms with E-state index in [9.17, 15) is 29.1 Å². The van der Waals surface area contributed by atoms with E-state index in [4.69, 9.17) is 10.8 Å². The molecule has 190 valence electrons. The lowest BCUT2D eigenvalue weighted by molar-refractivity contribution is -0.143. The highest BCUT2D eigenvalue weighted by molar-refractivity contribution is 7.98. The van der Waals surface area contributed by atoms with Crippen LogP contribution < -0.4 is 21.7 Å². The maximum atomic E-state index is 12.9. The van der Waals surface area contributed by atoms with Crippen LogP contribution in [0.5, 0.6) is 0 Å². The summed E-state index contributed by atoms with van der Waals surface area (Å²) in [6.07, 6.45) is 3.49. The Kier molecular flexibility index (Phi) is 15.6. The van der Waals surface area contributed by atoms with E-state index in [-0.39, 0.29) is 18.8 Å². The summed E-state index contributed by atoms with van der Waals surface area (Å²) >= 11 is 2.93. The molecule has 0 radical (unpaired) electrons. The maximum Gasteiger partial charge on any atom is 0.326 e. The third-order valence-corrected chi connectivity index (χ3v) is 6.06. The van der Waals surface area contributed by atoms with Gasteiger partial charge in [-0.3, -0.25) is 19.2 Å². The maximum absolute atomic E-state index is 12.9. The molecule has 0 aromatic heterocycles. The summed E-state index contributed by atoms with van der Waals surface area (Å²) in [4.78, 5) is 60.2. The Hall–Kier alpha value is -1.99. The van der Waals surface area contributed by atoms with Gasteiger partial charge in [0.15, 0.2) is 0 Å². The van der Waals surface area contributed by atoms with Crippen molar-refractivity contribution in [3.63, 3.8) is 0 Å². The molecule has 0 saturated heterocycles. The van der Waals surface area contributed by atoms with Crippen LogP contribution in [0.3, 0.4) is 0 Å². The molecule has 0 aliphatic heterocycles. The number of hydrogen-bond donors (Lipinski definition) is 6. The molecule has 4 unspecified atom stereocenters. The average molecular weight is 509 g/mol. The normalized spacial score (nSPS) is 14.6. The van der Waals surface area contributed by atoms with Crippen LogP contribution in [0.25, 0.3) is 0 Å². The van der Waals surface area contributed by atoms with E-state index in [0.29, 0.717) is 17.9 Å². The number of carbonyl (C=O) groups is 5. The van der Waals surface area contributed by atoms with Gasteiger partial charge in [-0.1, -0.05) is 13.8 Å². The molecule has 0 heterocycles. The Balaban J connectivity index is 5.42. The van der Waals surface area contributed by atoms with E-state index >= 15 is 0 Å². The van der Waals surface area contributed by atoms with Crippen molar-refractivity contribution in [3.05, 3.63) is 0 Å². The van der Waals surface area contributed by atoms with Gasteiger partial charge in [0.1, 0.15) is 18.1 Å². The lowest BCUT2D eigenvalue weighted by atomic mass is 10.0. The molecule has 0 bridgehead atoms. The Morgan fingerprint density at radius 2 is 1.18 bits per heavy atom. The van der Waals surface area contributed by atoms with Gasteiger partial charge in [0.2, 0.25) is 17.7 Å². The van der Waals surface area contributed by atoms with Crippen molar-refractivity contribution >= 4 is 53.2 Å². The van der Waals surface area contributed by atoms with Crippen molar-refractivity contribution < 1.29 is 34.2 Å². The molecule has 33 heavy (non-hydrogen) atoms. The van der Waals surface area contributed by atoms with Crippen LogP contribution in [0.15, 0.2) is 0 Å². The highest BCUT2D eigenvalue weighted by atomic mass is 32.2. The van der Waals surface area contributed by atoms with Crippen molar-refractivity contribution in [2.45, 2.75) is 63.7 Å². The van der Waals surface area contributed by atoms with Crippen molar-refractivity contribution in [2.24, 2.45) is 11.7 Å². The lowest BCUT2D eigenvalue weighted by Gasteiger charge is -2.25. The number of thioether (sulfide) groups is 2. The van der Waals surface area contributed by atoms with E-state index in [0.717, 1.165) is 0 Å². The number of carbonyl (C=O) groups excluding carboxylic acids is 3. The number of hydrogen-bond acceptors (Lipinski definition) is 8. The van der Waals surface area contributed by atoms with E-state index in [1.54, 1.807) is 13.8 Å². The summed E-state index contributed by atoms with van der Waals surface area (Å²) in [5, 5.41) is 25.6. The minimum atomic E-state index is -1.40. The molecule has 0 aromatic carbocycles. The van der Waals surface area contributed by atoms with Crippen LogP contribution in [0.2, 0.25) is 0 Å². The molecule has 4 atom stereocenters. The fraction of sp³-hybridized carbons (Fsp3) is 0.750. The standard InChI is InChI=1S/C20H36N4O7S2/c1-11(2)16(21)19(29)23-13(8-10-33-4)17(27)22-12(7-9-32-3)18(28)24-14(20(30)31)5-6-15(25)26/h11-14,16H,5-10,21H2,1-4H3,(H,22,27)(H,23,29)(H,24,28)(H,25,26)(H,30,31). The predicted molar refractivity (Wildman–Crippen MR) is 129 cm³/mol. The monoisotopic (exact) mass is 508 g/mol. The van der Waals surface area contributed by atoms with Gasteiger partial charge in [0, 0.05) is 6.42 Å². The van der Waals surface area contributed by atoms with Crippen LogP contribution in [0, 0.1) is 5.92 Å². The predicted octanol–water partition coefficient (Wildman–Crippen LogP) is -0.120. The first kappa shape index (κ1) is 31.0. The highest BCUT2D eigenvalue weighted by Gasteiger charge is 2.30. The number of nitrogens with one attached hydrogen (secondary N) is 3. The van der Waals surface area contributed by atoms with Gasteiger partial charge in [0.05, 0.1) is 6.04 Å². The molecule has 3 amide bonds. The van der Waals surface area contributed by atoms with Crippen molar-refractivity contribution in [2.75, 3.05) is 24.0 Å². The first-order valence-corrected chi connectivity index (χ1v) is 13.3. The molecule has 0 aliphatic rings. The number of carboxylic acids is 2. The van der Waals surface area contributed by atoms with Crippen molar-refractivity contribution in [1.82, 2.24) is 16.0 Å². The molecular formula is C20H36N4O7S2. The van der Waals surface area contributed by atoms with Gasteiger partial charge in [-0.15, -0.1) is 0 Å². The molecular weight excluding hydrogens is 472 g/mol. The molecule has 0 fully saturated rings. The van der Waals surface area contributed by atoms with Crippen LogP contribution in [0.1, 0.15) is 39.5 Å². The number of aliphatic carboxylic acids is 2. The van der Waals surface area contributed by atoms with Gasteiger partial charge < -0.3 is 31.9 Å². The van der Waals surface area contributed by atoms with Crippen molar-refractivity contribution in [3.8, 4) is 0 Å². The molecule has 7 N–H and O–H groups in total. The molecule has 13 heteroatoms. The molecule has 11 nitrogen and oxygen atoms in total. The van der Waals surface area contributed by atoms with E-state index in [2.05, 4.69) is 16.0 Å². The summed E-state index contributed by atoms with van der Waals surface area (Å²) in [6.45, 7) is 3.57. The van der Waals surface area contributed by atoms with Gasteiger partial charge >= 0.3 is 11.9 Å². The molecule has 0 spiro atoms. The van der Waals surface area contributed by atoms with Gasteiger partial charge in [-0.25, -0.2) is 4.79 Å². The number of rotatable bonds is 17. The Labute approximate surface area is 202 Å². The quantitative estimate of drug-likeness (QED) is 0.154. The summed E-state index contributed by atoms with van der Waals surface area (Å²) in [6, 6.07) is -4.17. The summed E-state index contributed by atoms with van der Waals surface area (Å²) in [5.41, 5.74) is 5.87. The van der Waals surface area contributed by atoms with Gasteiger partial charge in [0.25, 0.3) is 0 Å². The fourth-order valence-electron chi connectivity index (χ4n) is 2.65. The largest absolute Gasteiger partial charge is 0.481 e. The minimum Gasteiger partial charge on any atom is -0.481 e. The van der Waals surface area contributed by atoms with Gasteiger partial charge in [-0.05, 0) is 49.2 Å². The molecule has 0 saturated carbocycles. The second kappa shape index (κ2) is 16.6. The Morgan fingerprint density at radius 3 is 1.55 bits per heavy atom. The average Bonchev–Trinajstić information content (AvgIpc) is 2.75. The first-order valence-electron chi connectivity index (χ1n) is 10.5.